The van der Waals surface area contributed by atoms with Crippen molar-refractivity contribution in [2.75, 3.05) is 42.6 Å². The second-order valence-electron chi connectivity index (χ2n) is 13.7. The Labute approximate surface area is 360 Å². The van der Waals surface area contributed by atoms with E-state index in [1.807, 2.05) is 43.3 Å². The molecule has 0 unspecified atom stereocenters. The van der Waals surface area contributed by atoms with Crippen molar-refractivity contribution < 1.29 is 28.4 Å². The number of nitrogens with one attached hydrogen (secondary N) is 6. The summed E-state index contributed by atoms with van der Waals surface area (Å²) in [5.74, 6) is 6.05. The fraction of sp³-hybridized carbons (Fsp3) is 0.268. The maximum atomic E-state index is 9.04. The lowest BCUT2D eigenvalue weighted by Crippen LogP contribution is -2.04. The van der Waals surface area contributed by atoms with Gasteiger partial charge in [-0.15, -0.1) is 0 Å². The molecule has 0 amide bonds. The highest BCUT2D eigenvalue weighted by atomic mass is 16.5. The third kappa shape index (κ3) is 12.9. The number of benzene rings is 1. The van der Waals surface area contributed by atoms with Crippen molar-refractivity contribution in [3.05, 3.63) is 125 Å². The Kier molecular flexibility index (Phi) is 14.6. The summed E-state index contributed by atoms with van der Waals surface area (Å²) in [5.41, 5.74) is 5.28. The number of H-pyrrole nitrogens is 2. The first kappa shape index (κ1) is 43.0. The van der Waals surface area contributed by atoms with Gasteiger partial charge < -0.3 is 49.6 Å². The number of aliphatic hydroxyl groups is 1. The normalized spacial score (nSPS) is 10.7. The maximum absolute atomic E-state index is 9.04. The van der Waals surface area contributed by atoms with E-state index in [1.165, 1.54) is 12.7 Å². The van der Waals surface area contributed by atoms with Crippen LogP contribution in [0.2, 0.25) is 0 Å². The van der Waals surface area contributed by atoms with Gasteiger partial charge in [-0.05, 0) is 62.4 Å². The Balaban J connectivity index is 0.000000189. The van der Waals surface area contributed by atoms with E-state index in [-0.39, 0.29) is 12.6 Å². The second-order valence-corrected chi connectivity index (χ2v) is 13.7. The Morgan fingerprint density at radius 2 is 1.27 bits per heavy atom. The van der Waals surface area contributed by atoms with E-state index in [9.17, 15) is 0 Å². The van der Waals surface area contributed by atoms with Crippen LogP contribution in [0.4, 0.5) is 35.2 Å². The van der Waals surface area contributed by atoms with Crippen LogP contribution in [-0.2, 0) is 45.4 Å². The molecule has 0 radical (unpaired) electrons. The fourth-order valence-electron chi connectivity index (χ4n) is 5.89. The molecular weight excluding hydrogens is 813 g/mol. The number of aliphatic hydroxyl groups excluding tert-OH is 1. The van der Waals surface area contributed by atoms with Crippen LogP contribution in [0, 0.1) is 6.92 Å². The average Bonchev–Trinajstić information content (AvgIpc) is 4.16. The van der Waals surface area contributed by atoms with Crippen molar-refractivity contribution in [3.8, 4) is 17.6 Å². The van der Waals surface area contributed by atoms with Crippen LogP contribution >= 0.6 is 0 Å². The molecule has 0 aliphatic heterocycles. The lowest BCUT2D eigenvalue weighted by atomic mass is 10.1. The summed E-state index contributed by atoms with van der Waals surface area (Å²) in [4.78, 5) is 25.7. The molecule has 0 fully saturated rings. The molecule has 0 saturated carbocycles. The minimum Gasteiger partial charge on any atom is -0.497 e. The molecule has 22 heteroatoms. The molecule has 7 aromatic heterocycles. The molecule has 0 bridgehead atoms. The van der Waals surface area contributed by atoms with Crippen molar-refractivity contribution in [3.63, 3.8) is 0 Å². The third-order valence-electron chi connectivity index (χ3n) is 8.97. The predicted molar refractivity (Wildman–Crippen MR) is 229 cm³/mol. The van der Waals surface area contributed by atoms with Gasteiger partial charge in [0.25, 0.3) is 0 Å². The molecule has 22 nitrogen and oxygen atoms in total. The quantitative estimate of drug-likeness (QED) is 0.0513. The zero-order chi connectivity index (χ0) is 43.8. The van der Waals surface area contributed by atoms with Crippen LogP contribution in [0.1, 0.15) is 45.6 Å². The molecule has 0 atom stereocenters. The number of nitrogens with zero attached hydrogens (tertiary/aromatic N) is 10. The van der Waals surface area contributed by atoms with E-state index >= 15 is 0 Å². The van der Waals surface area contributed by atoms with E-state index < -0.39 is 0 Å². The minimum atomic E-state index is -0.162. The number of aromatic nitrogens is 12. The van der Waals surface area contributed by atoms with Gasteiger partial charge in [-0.2, -0.15) is 25.1 Å². The first-order valence-corrected chi connectivity index (χ1v) is 19.7. The van der Waals surface area contributed by atoms with E-state index in [0.29, 0.717) is 84.2 Å². The van der Waals surface area contributed by atoms with Crippen molar-refractivity contribution in [2.45, 2.75) is 52.3 Å². The topological polar surface area (TPSA) is 283 Å². The molecule has 0 aliphatic rings. The first-order valence-electron chi connectivity index (χ1n) is 19.7. The summed E-state index contributed by atoms with van der Waals surface area (Å²) < 4.78 is 25.9. The minimum absolute atomic E-state index is 0.162. The van der Waals surface area contributed by atoms with Gasteiger partial charge in [-0.1, -0.05) is 22.4 Å². The maximum Gasteiger partial charge on any atom is 0.319 e. The number of ether oxygens (including phenoxy) is 3. The first-order chi connectivity index (χ1) is 30.8. The number of hydrogen-bond donors (Lipinski definition) is 7. The second kappa shape index (κ2) is 21.4. The van der Waals surface area contributed by atoms with Gasteiger partial charge in [-0.3, -0.25) is 10.2 Å². The van der Waals surface area contributed by atoms with Gasteiger partial charge in [0.15, 0.2) is 23.2 Å². The molecule has 63 heavy (non-hydrogen) atoms. The Morgan fingerprint density at radius 1 is 0.619 bits per heavy atom. The summed E-state index contributed by atoms with van der Waals surface area (Å²) in [6, 6.07) is 21.0. The molecule has 0 saturated heterocycles. The highest BCUT2D eigenvalue weighted by Gasteiger charge is 2.11. The largest absolute Gasteiger partial charge is 0.497 e. The smallest absolute Gasteiger partial charge is 0.319 e. The van der Waals surface area contributed by atoms with Crippen molar-refractivity contribution in [1.29, 1.82) is 0 Å². The molecule has 8 aromatic rings. The molecule has 326 valence electrons. The Bertz CT molecular complexity index is 2640. The van der Waals surface area contributed by atoms with Gasteiger partial charge in [0, 0.05) is 54.1 Å². The zero-order valence-corrected chi connectivity index (χ0v) is 34.9. The van der Waals surface area contributed by atoms with Crippen LogP contribution in [0.5, 0.6) is 17.6 Å². The van der Waals surface area contributed by atoms with Gasteiger partial charge in [-0.25, -0.2) is 15.0 Å². The van der Waals surface area contributed by atoms with E-state index in [4.69, 9.17) is 28.4 Å². The summed E-state index contributed by atoms with van der Waals surface area (Å²) in [6.45, 7) is 2.50. The van der Waals surface area contributed by atoms with Crippen LogP contribution in [0.25, 0.3) is 0 Å². The van der Waals surface area contributed by atoms with E-state index in [0.717, 1.165) is 41.4 Å². The van der Waals surface area contributed by atoms with Crippen molar-refractivity contribution in [2.24, 2.45) is 0 Å². The van der Waals surface area contributed by atoms with Crippen LogP contribution in [-0.4, -0.2) is 87.0 Å². The number of hydrogen-bond acceptors (Lipinski definition) is 20. The third-order valence-corrected chi connectivity index (χ3v) is 8.97. The number of rotatable bonds is 20. The highest BCUT2D eigenvalue weighted by Crippen LogP contribution is 2.20. The summed E-state index contributed by atoms with van der Waals surface area (Å²) in [7, 11) is 4.75. The predicted octanol–water partition coefficient (Wildman–Crippen LogP) is 5.27. The summed E-state index contributed by atoms with van der Waals surface area (Å²) in [5, 5.41) is 43.8. The summed E-state index contributed by atoms with van der Waals surface area (Å²) in [6.07, 6.45) is 6.37. The number of aromatic amines is 2. The number of anilines is 6. The lowest BCUT2D eigenvalue weighted by Gasteiger charge is -2.05. The molecule has 7 heterocycles. The molecule has 8 rings (SSSR count). The van der Waals surface area contributed by atoms with Gasteiger partial charge in [0.1, 0.15) is 23.1 Å². The van der Waals surface area contributed by atoms with Crippen LogP contribution in [0.15, 0.2) is 88.2 Å². The lowest BCUT2D eigenvalue weighted by molar-refractivity contribution is 0.265. The Morgan fingerprint density at radius 3 is 1.86 bits per heavy atom. The van der Waals surface area contributed by atoms with Crippen molar-refractivity contribution in [1.82, 2.24) is 60.6 Å². The standard InChI is InChI=1S/C21H23N7O3.C20H23N9O3/c1-30-17-4-2-3-14(9-17)5-6-15-11-20(27-26-15)24-19-7-8-22-21(25-19)23-12-18-10-16(13-29)28-31-18;1-12-8-15(32-29-12)11-22-19-21-7-6-16(25-19)24-17-9-14(27-28-17)5-4-13-10-18(30-2)26-20(23-13)31-3/h2-4,7-11,29H,5-6,12-13H2,1H3,(H3,22,23,24,25,26,27);6-10H,4-5,11H2,1-3H3,(H3,21,22,24,25,27,28). The monoisotopic (exact) mass is 858 g/mol. The molecule has 7 N–H and O–H groups in total. The van der Waals surface area contributed by atoms with Crippen LogP contribution < -0.4 is 35.5 Å². The highest BCUT2D eigenvalue weighted by molar-refractivity contribution is 5.54. The number of methoxy groups -OCH3 is 3. The Hall–Kier alpha value is -8.14. The van der Waals surface area contributed by atoms with Gasteiger partial charge >= 0.3 is 6.01 Å². The number of aryl methyl sites for hydroxylation is 5. The molecule has 1 aromatic carbocycles. The molecule has 0 aliphatic carbocycles. The summed E-state index contributed by atoms with van der Waals surface area (Å²) >= 11 is 0. The van der Waals surface area contributed by atoms with Gasteiger partial charge in [0.2, 0.25) is 17.8 Å². The molecular formula is C41H46N16O6. The van der Waals surface area contributed by atoms with Gasteiger partial charge in [0.05, 0.1) is 52.4 Å². The zero-order valence-electron chi connectivity index (χ0n) is 34.9. The molecule has 0 spiro atoms. The van der Waals surface area contributed by atoms with Crippen molar-refractivity contribution >= 4 is 35.2 Å². The van der Waals surface area contributed by atoms with E-state index in [1.54, 1.807) is 50.9 Å². The SMILES string of the molecule is COc1cc(CCc2cc(Nc3ccnc(NCc4cc(C)no4)n3)n[nH]2)nc(OC)n1.COc1cccc(CCc2cc(Nc3ccnc(NCc4cc(CO)no4)n3)n[nH]2)c1. The fourth-order valence-corrected chi connectivity index (χ4v) is 5.89. The van der Waals surface area contributed by atoms with E-state index in [2.05, 4.69) is 87.9 Å². The average molecular weight is 859 g/mol. The van der Waals surface area contributed by atoms with Crippen LogP contribution in [0.3, 0.4) is 0 Å².